The highest BCUT2D eigenvalue weighted by Gasteiger charge is 2.47. The largest absolute Gasteiger partial charge is 0.507 e. The van der Waals surface area contributed by atoms with Crippen LogP contribution in [-0.4, -0.2) is 28.4 Å². The lowest BCUT2D eigenvalue weighted by atomic mass is 9.85. The lowest BCUT2D eigenvalue weighted by Crippen LogP contribution is -2.30. The maximum Gasteiger partial charge on any atom is 0.301 e. The van der Waals surface area contributed by atoms with Crippen molar-refractivity contribution in [1.82, 2.24) is 4.98 Å². The van der Waals surface area contributed by atoms with Crippen LogP contribution in [-0.2, 0) is 15.0 Å². The van der Waals surface area contributed by atoms with Crippen molar-refractivity contribution in [2.75, 3.05) is 11.5 Å². The third-order valence-corrected chi connectivity index (χ3v) is 5.93. The second-order valence-electron chi connectivity index (χ2n) is 9.35. The first-order valence-corrected chi connectivity index (χ1v) is 11.4. The molecule has 1 aromatic heterocycles. The number of amides is 1. The zero-order valence-electron chi connectivity index (χ0n) is 20.1. The third-order valence-electron chi connectivity index (χ3n) is 5.93. The van der Waals surface area contributed by atoms with E-state index in [-0.39, 0.29) is 16.7 Å². The van der Waals surface area contributed by atoms with Crippen molar-refractivity contribution < 1.29 is 19.4 Å². The topological polar surface area (TPSA) is 79.7 Å². The van der Waals surface area contributed by atoms with Crippen molar-refractivity contribution in [3.63, 3.8) is 0 Å². The third kappa shape index (κ3) is 4.73. The fraction of sp³-hybridized carbons (Fsp3) is 0.207. The van der Waals surface area contributed by atoms with Gasteiger partial charge in [0, 0.05) is 11.8 Å². The zero-order chi connectivity index (χ0) is 25.2. The maximum atomic E-state index is 13.2. The highest BCUT2D eigenvalue weighted by molar-refractivity contribution is 6.51. The first-order valence-electron chi connectivity index (χ1n) is 11.4. The summed E-state index contributed by atoms with van der Waals surface area (Å²) in [5.74, 6) is -0.801. The molecule has 0 aliphatic carbocycles. The average Bonchev–Trinajstić information content (AvgIpc) is 3.13. The van der Waals surface area contributed by atoms with Crippen molar-refractivity contribution in [1.29, 1.82) is 0 Å². The van der Waals surface area contributed by atoms with Crippen molar-refractivity contribution in [2.45, 2.75) is 32.2 Å². The van der Waals surface area contributed by atoms with Gasteiger partial charge in [-0.25, -0.2) is 4.98 Å². The summed E-state index contributed by atoms with van der Waals surface area (Å²) in [4.78, 5) is 32.1. The molecule has 2 heterocycles. The molecule has 6 heteroatoms. The molecule has 1 fully saturated rings. The van der Waals surface area contributed by atoms with Crippen LogP contribution in [0.3, 0.4) is 0 Å². The molecule has 0 bridgehead atoms. The molecule has 1 aliphatic rings. The Bertz CT molecular complexity index is 1270. The summed E-state index contributed by atoms with van der Waals surface area (Å²) in [6.07, 6.45) is 3.20. The van der Waals surface area contributed by atoms with Crippen molar-refractivity contribution in [2.24, 2.45) is 0 Å². The van der Waals surface area contributed by atoms with E-state index in [0.717, 1.165) is 5.56 Å². The second kappa shape index (κ2) is 9.58. The van der Waals surface area contributed by atoms with E-state index in [9.17, 15) is 14.7 Å². The molecule has 0 radical (unpaired) electrons. The van der Waals surface area contributed by atoms with Crippen LogP contribution in [0.4, 0.5) is 5.82 Å². The van der Waals surface area contributed by atoms with Crippen molar-refractivity contribution in [3.05, 3.63) is 108 Å². The van der Waals surface area contributed by atoms with Crippen LogP contribution in [0.15, 0.2) is 91.2 Å². The van der Waals surface area contributed by atoms with Gasteiger partial charge in [-0.1, -0.05) is 63.8 Å². The van der Waals surface area contributed by atoms with Gasteiger partial charge in [0.2, 0.25) is 0 Å². The molecule has 0 spiro atoms. The van der Waals surface area contributed by atoms with Gasteiger partial charge in [-0.3, -0.25) is 14.5 Å². The molecule has 178 valence electrons. The quantitative estimate of drug-likeness (QED) is 0.221. The molecule has 1 saturated heterocycles. The molecule has 1 amide bonds. The Morgan fingerprint density at radius 1 is 1.06 bits per heavy atom. The van der Waals surface area contributed by atoms with Gasteiger partial charge in [0.1, 0.15) is 23.9 Å². The number of aromatic nitrogens is 1. The van der Waals surface area contributed by atoms with E-state index in [4.69, 9.17) is 4.74 Å². The number of hydrogen-bond donors (Lipinski definition) is 1. The second-order valence-corrected chi connectivity index (χ2v) is 9.35. The molecule has 1 N–H and O–H groups in total. The molecule has 6 nitrogen and oxygen atoms in total. The number of pyridine rings is 1. The van der Waals surface area contributed by atoms with Gasteiger partial charge in [-0.05, 0) is 52.9 Å². The first-order chi connectivity index (χ1) is 16.7. The number of nitrogens with zero attached hydrogens (tertiary/aromatic N) is 2. The van der Waals surface area contributed by atoms with E-state index in [1.165, 1.54) is 4.90 Å². The number of aliphatic hydroxyl groups excluding tert-OH is 1. The maximum absolute atomic E-state index is 13.2. The Morgan fingerprint density at radius 3 is 2.31 bits per heavy atom. The minimum Gasteiger partial charge on any atom is -0.507 e. The minimum atomic E-state index is -0.824. The average molecular weight is 469 g/mol. The lowest BCUT2D eigenvalue weighted by Gasteiger charge is -2.25. The van der Waals surface area contributed by atoms with Gasteiger partial charge in [-0.15, -0.1) is 0 Å². The predicted molar refractivity (Wildman–Crippen MR) is 136 cm³/mol. The normalized spacial score (nSPS) is 17.5. The van der Waals surface area contributed by atoms with E-state index in [2.05, 4.69) is 32.3 Å². The van der Waals surface area contributed by atoms with Gasteiger partial charge < -0.3 is 9.84 Å². The predicted octanol–water partition coefficient (Wildman–Crippen LogP) is 5.57. The van der Waals surface area contributed by atoms with Crippen molar-refractivity contribution in [3.8, 4) is 5.75 Å². The standard InChI is InChI=1S/C29H28N2O4/c1-5-18-35-22-15-11-20(12-16-22)26(32)24-25(19-9-13-21(14-10-19)29(2,3)4)31(28(34)27(24)33)23-8-6-7-17-30-23/h5-17,25,32H,1,18H2,2-4H3. The summed E-state index contributed by atoms with van der Waals surface area (Å²) >= 11 is 0. The van der Waals surface area contributed by atoms with E-state index < -0.39 is 17.7 Å². The van der Waals surface area contributed by atoms with E-state index in [1.54, 1.807) is 54.7 Å². The minimum absolute atomic E-state index is 0.0175. The number of aliphatic hydroxyl groups is 1. The van der Waals surface area contributed by atoms with Gasteiger partial charge in [0.05, 0.1) is 11.6 Å². The Hall–Kier alpha value is -4.19. The molecule has 3 aromatic rings. The summed E-state index contributed by atoms with van der Waals surface area (Å²) in [5, 5.41) is 11.3. The Labute approximate surface area is 205 Å². The SMILES string of the molecule is C=CCOc1ccc(C(O)=C2C(=O)C(=O)N(c3ccccn3)C2c2ccc(C(C)(C)C)cc2)cc1. The molecule has 35 heavy (non-hydrogen) atoms. The van der Waals surface area contributed by atoms with Crippen LogP contribution in [0.2, 0.25) is 0 Å². The number of ketones is 1. The summed E-state index contributed by atoms with van der Waals surface area (Å²) in [5.41, 5.74) is 2.19. The zero-order valence-corrected chi connectivity index (χ0v) is 20.1. The van der Waals surface area contributed by atoms with E-state index in [1.807, 2.05) is 24.3 Å². The molecule has 0 saturated carbocycles. The van der Waals surface area contributed by atoms with Gasteiger partial charge >= 0.3 is 5.91 Å². The Morgan fingerprint density at radius 2 is 1.74 bits per heavy atom. The first kappa shape index (κ1) is 24.0. The van der Waals surface area contributed by atoms with Crippen LogP contribution < -0.4 is 9.64 Å². The number of ether oxygens (including phenoxy) is 1. The molecular weight excluding hydrogens is 440 g/mol. The van der Waals surface area contributed by atoms with Crippen molar-refractivity contribution >= 4 is 23.3 Å². The number of carbonyl (C=O) groups excluding carboxylic acids is 2. The number of carbonyl (C=O) groups is 2. The highest BCUT2D eigenvalue weighted by atomic mass is 16.5. The molecule has 4 rings (SSSR count). The Balaban J connectivity index is 1.84. The lowest BCUT2D eigenvalue weighted by molar-refractivity contribution is -0.132. The summed E-state index contributed by atoms with van der Waals surface area (Å²) in [6, 6.07) is 18.8. The number of anilines is 1. The van der Waals surface area contributed by atoms with E-state index >= 15 is 0 Å². The molecule has 1 aliphatic heterocycles. The number of Topliss-reactive ketones (excluding diaryl/α,β-unsaturated/α-hetero) is 1. The van der Waals surface area contributed by atoms with Crippen LogP contribution in [0, 0.1) is 0 Å². The molecule has 1 unspecified atom stereocenters. The molecule has 1 atom stereocenters. The van der Waals surface area contributed by atoms with Crippen LogP contribution >= 0.6 is 0 Å². The van der Waals surface area contributed by atoms with E-state index in [0.29, 0.717) is 29.3 Å². The number of benzene rings is 2. The fourth-order valence-corrected chi connectivity index (χ4v) is 4.07. The number of hydrogen-bond acceptors (Lipinski definition) is 5. The highest BCUT2D eigenvalue weighted by Crippen LogP contribution is 2.42. The Kier molecular flexibility index (Phi) is 6.56. The van der Waals surface area contributed by atoms with Gasteiger partial charge in [0.25, 0.3) is 5.78 Å². The van der Waals surface area contributed by atoms with Gasteiger partial charge in [0.15, 0.2) is 0 Å². The van der Waals surface area contributed by atoms with Crippen LogP contribution in [0.25, 0.3) is 5.76 Å². The molecular formula is C29H28N2O4. The monoisotopic (exact) mass is 468 g/mol. The van der Waals surface area contributed by atoms with Crippen LogP contribution in [0.5, 0.6) is 5.75 Å². The van der Waals surface area contributed by atoms with Crippen LogP contribution in [0.1, 0.15) is 43.5 Å². The summed E-state index contributed by atoms with van der Waals surface area (Å²) in [7, 11) is 0. The fourth-order valence-electron chi connectivity index (χ4n) is 4.07. The smallest absolute Gasteiger partial charge is 0.301 e. The summed E-state index contributed by atoms with van der Waals surface area (Å²) < 4.78 is 5.50. The summed E-state index contributed by atoms with van der Waals surface area (Å²) in [6.45, 7) is 10.3. The number of rotatable bonds is 6. The molecule has 2 aromatic carbocycles. The van der Waals surface area contributed by atoms with Gasteiger partial charge in [-0.2, -0.15) is 0 Å².